The summed E-state index contributed by atoms with van der Waals surface area (Å²) in [4.78, 5) is 42.8. The third kappa shape index (κ3) is 4.56. The van der Waals surface area contributed by atoms with E-state index in [-0.39, 0.29) is 36.7 Å². The molecule has 160 valence electrons. The van der Waals surface area contributed by atoms with E-state index in [9.17, 15) is 14.4 Å². The number of Topliss-reactive ketones (excluding diaryl/α,β-unsaturated/α-hetero) is 1. The van der Waals surface area contributed by atoms with E-state index < -0.39 is 5.97 Å². The lowest BCUT2D eigenvalue weighted by Crippen LogP contribution is -2.40. The van der Waals surface area contributed by atoms with Gasteiger partial charge in [0.1, 0.15) is 5.69 Å². The maximum Gasteiger partial charge on any atom is 0.355 e. The summed E-state index contributed by atoms with van der Waals surface area (Å²) in [7, 11) is 0. The summed E-state index contributed by atoms with van der Waals surface area (Å²) in [5, 5.41) is 2.96. The van der Waals surface area contributed by atoms with Crippen LogP contribution in [0.5, 0.6) is 0 Å². The number of aromatic amines is 1. The molecule has 1 fully saturated rings. The Labute approximate surface area is 176 Å². The zero-order valence-electron chi connectivity index (χ0n) is 18.0. The van der Waals surface area contributed by atoms with Crippen LogP contribution in [0.4, 0.5) is 10.5 Å². The van der Waals surface area contributed by atoms with E-state index in [1.807, 2.05) is 31.2 Å². The Balaban J connectivity index is 1.78. The molecule has 30 heavy (non-hydrogen) atoms. The first kappa shape index (κ1) is 21.6. The number of para-hydroxylation sites is 1. The molecule has 0 spiro atoms. The molecular weight excluding hydrogens is 382 g/mol. The second kappa shape index (κ2) is 9.15. The minimum Gasteiger partial charge on any atom is -0.461 e. The van der Waals surface area contributed by atoms with Crippen molar-refractivity contribution in [2.75, 3.05) is 18.5 Å². The molecule has 3 rings (SSSR count). The van der Waals surface area contributed by atoms with Crippen molar-refractivity contribution in [2.45, 2.75) is 53.0 Å². The summed E-state index contributed by atoms with van der Waals surface area (Å²) >= 11 is 0. The highest BCUT2D eigenvalue weighted by Crippen LogP contribution is 2.29. The average molecular weight is 412 g/mol. The molecule has 1 aromatic heterocycles. The van der Waals surface area contributed by atoms with Gasteiger partial charge in [-0.25, -0.2) is 9.59 Å². The summed E-state index contributed by atoms with van der Waals surface area (Å²) < 4.78 is 5.06. The number of benzene rings is 1. The second-order valence-electron chi connectivity index (χ2n) is 7.57. The fourth-order valence-electron chi connectivity index (χ4n) is 3.70. The van der Waals surface area contributed by atoms with Crippen molar-refractivity contribution < 1.29 is 19.1 Å². The topological polar surface area (TPSA) is 91.5 Å². The largest absolute Gasteiger partial charge is 0.461 e. The molecule has 0 radical (unpaired) electrons. The van der Waals surface area contributed by atoms with Crippen molar-refractivity contribution in [2.24, 2.45) is 0 Å². The molecule has 1 aliphatic rings. The Kier molecular flexibility index (Phi) is 6.59. The molecule has 0 saturated heterocycles. The zero-order valence-corrected chi connectivity index (χ0v) is 18.0. The van der Waals surface area contributed by atoms with Gasteiger partial charge in [-0.2, -0.15) is 0 Å². The number of hydrogen-bond acceptors (Lipinski definition) is 4. The fraction of sp³-hybridized carbons (Fsp3) is 0.435. The van der Waals surface area contributed by atoms with Crippen LogP contribution in [0, 0.1) is 13.8 Å². The normalized spacial score (nSPS) is 13.1. The lowest BCUT2D eigenvalue weighted by atomic mass is 10.1. The third-order valence-electron chi connectivity index (χ3n) is 5.40. The van der Waals surface area contributed by atoms with Gasteiger partial charge in [0, 0.05) is 23.0 Å². The molecule has 2 amide bonds. The van der Waals surface area contributed by atoms with E-state index in [4.69, 9.17) is 4.74 Å². The number of esters is 1. The molecule has 1 heterocycles. The van der Waals surface area contributed by atoms with Gasteiger partial charge in [-0.15, -0.1) is 0 Å². The Hall–Kier alpha value is -3.09. The monoisotopic (exact) mass is 411 g/mol. The molecule has 0 atom stereocenters. The number of aryl methyl sites for hydroxylation is 2. The molecule has 2 aromatic rings. The van der Waals surface area contributed by atoms with Crippen molar-refractivity contribution in [3.63, 3.8) is 0 Å². The number of urea groups is 1. The number of carbonyl (C=O) groups excluding carboxylic acids is 3. The highest BCUT2D eigenvalue weighted by molar-refractivity contribution is 6.05. The number of carbonyl (C=O) groups is 3. The van der Waals surface area contributed by atoms with Crippen LogP contribution in [0.15, 0.2) is 24.3 Å². The summed E-state index contributed by atoms with van der Waals surface area (Å²) in [5.74, 6) is -0.673. The van der Waals surface area contributed by atoms with Gasteiger partial charge < -0.3 is 19.9 Å². The Morgan fingerprint density at radius 3 is 2.50 bits per heavy atom. The van der Waals surface area contributed by atoms with E-state index in [0.717, 1.165) is 30.5 Å². The van der Waals surface area contributed by atoms with Gasteiger partial charge in [0.25, 0.3) is 0 Å². The van der Waals surface area contributed by atoms with E-state index in [2.05, 4.69) is 10.3 Å². The number of H-pyrrole nitrogens is 1. The molecule has 1 saturated carbocycles. The van der Waals surface area contributed by atoms with E-state index in [1.54, 1.807) is 25.7 Å². The highest BCUT2D eigenvalue weighted by atomic mass is 16.5. The van der Waals surface area contributed by atoms with E-state index in [0.29, 0.717) is 16.8 Å². The number of ketones is 1. The molecule has 0 bridgehead atoms. The Morgan fingerprint density at radius 1 is 1.17 bits per heavy atom. The van der Waals surface area contributed by atoms with Crippen molar-refractivity contribution >= 4 is 23.5 Å². The zero-order chi connectivity index (χ0) is 21.8. The van der Waals surface area contributed by atoms with Crippen LogP contribution in [-0.4, -0.2) is 46.9 Å². The van der Waals surface area contributed by atoms with Gasteiger partial charge in [0.2, 0.25) is 0 Å². The summed E-state index contributed by atoms with van der Waals surface area (Å²) in [6.07, 6.45) is 2.57. The number of aromatic nitrogens is 1. The molecule has 0 unspecified atom stereocenters. The van der Waals surface area contributed by atoms with Gasteiger partial charge in [-0.05, 0) is 57.2 Å². The third-order valence-corrected chi connectivity index (χ3v) is 5.40. The lowest BCUT2D eigenvalue weighted by molar-refractivity contribution is 0.0519. The first-order chi connectivity index (χ1) is 14.4. The summed E-state index contributed by atoms with van der Waals surface area (Å²) in [5.41, 5.74) is 3.71. The SMILES string of the molecule is CCOC(=O)c1[nH]c(C)c(C(=O)CN(C(=O)Nc2ccccc2CC)C2CC2)c1C. The molecule has 1 aliphatic carbocycles. The van der Waals surface area contributed by atoms with Crippen LogP contribution in [0.1, 0.15) is 64.4 Å². The van der Waals surface area contributed by atoms with Crippen LogP contribution in [0.2, 0.25) is 0 Å². The molecule has 0 aliphatic heterocycles. The lowest BCUT2D eigenvalue weighted by Gasteiger charge is -2.23. The first-order valence-corrected chi connectivity index (χ1v) is 10.4. The first-order valence-electron chi connectivity index (χ1n) is 10.4. The molecular formula is C23H29N3O4. The number of nitrogens with zero attached hydrogens (tertiary/aromatic N) is 1. The second-order valence-corrected chi connectivity index (χ2v) is 7.57. The van der Waals surface area contributed by atoms with Crippen molar-refractivity contribution in [3.8, 4) is 0 Å². The van der Waals surface area contributed by atoms with E-state index in [1.165, 1.54) is 0 Å². The van der Waals surface area contributed by atoms with Crippen molar-refractivity contribution in [1.82, 2.24) is 9.88 Å². The minimum atomic E-state index is -0.481. The predicted molar refractivity (Wildman–Crippen MR) is 115 cm³/mol. The number of rotatable bonds is 8. The number of hydrogen-bond donors (Lipinski definition) is 2. The van der Waals surface area contributed by atoms with Crippen molar-refractivity contribution in [1.29, 1.82) is 0 Å². The molecule has 7 heteroatoms. The standard InChI is InChI=1S/C23H29N3O4/c1-5-16-9-7-8-10-18(16)25-23(29)26(17-11-12-17)13-19(27)20-14(3)21(24-15(20)4)22(28)30-6-2/h7-10,17,24H,5-6,11-13H2,1-4H3,(H,25,29). The predicted octanol–water partition coefficient (Wildman–Crippen LogP) is 4.25. The van der Waals surface area contributed by atoms with Crippen molar-refractivity contribution in [3.05, 3.63) is 52.3 Å². The Bertz CT molecular complexity index is 959. The molecule has 7 nitrogen and oxygen atoms in total. The quantitative estimate of drug-likeness (QED) is 0.502. The van der Waals surface area contributed by atoms with Crippen LogP contribution in [0.25, 0.3) is 0 Å². The van der Waals surface area contributed by atoms with Gasteiger partial charge in [0.15, 0.2) is 5.78 Å². The molecule has 2 N–H and O–H groups in total. The fourth-order valence-corrected chi connectivity index (χ4v) is 3.70. The smallest absolute Gasteiger partial charge is 0.355 e. The van der Waals surface area contributed by atoms with Crippen LogP contribution < -0.4 is 5.32 Å². The average Bonchev–Trinajstić information content (AvgIpc) is 3.51. The minimum absolute atomic E-state index is 0.0351. The number of nitrogens with one attached hydrogen (secondary N) is 2. The maximum atomic E-state index is 13.1. The highest BCUT2D eigenvalue weighted by Gasteiger charge is 2.35. The number of anilines is 1. The number of amides is 2. The Morgan fingerprint density at radius 2 is 1.87 bits per heavy atom. The van der Waals surface area contributed by atoms with Crippen LogP contribution in [-0.2, 0) is 11.2 Å². The summed E-state index contributed by atoms with van der Waals surface area (Å²) in [6.45, 7) is 7.47. The van der Waals surface area contributed by atoms with Crippen LogP contribution >= 0.6 is 0 Å². The van der Waals surface area contributed by atoms with E-state index >= 15 is 0 Å². The summed E-state index contributed by atoms with van der Waals surface area (Å²) in [6, 6.07) is 7.46. The van der Waals surface area contributed by atoms with Gasteiger partial charge in [-0.1, -0.05) is 25.1 Å². The number of ether oxygens (including phenoxy) is 1. The van der Waals surface area contributed by atoms with Gasteiger partial charge in [-0.3, -0.25) is 4.79 Å². The van der Waals surface area contributed by atoms with Gasteiger partial charge >= 0.3 is 12.0 Å². The maximum absolute atomic E-state index is 13.1. The molecule has 1 aromatic carbocycles. The van der Waals surface area contributed by atoms with Gasteiger partial charge in [0.05, 0.1) is 13.2 Å². The van der Waals surface area contributed by atoms with Crippen LogP contribution in [0.3, 0.4) is 0 Å².